The molecule has 3 aromatic rings. The molecular formula is C19H19N3O4S. The van der Waals surface area contributed by atoms with Gasteiger partial charge >= 0.3 is 0 Å². The normalized spacial score (nSPS) is 11.2. The van der Waals surface area contributed by atoms with Crippen molar-refractivity contribution < 1.29 is 17.7 Å². The third kappa shape index (κ3) is 4.01. The summed E-state index contributed by atoms with van der Waals surface area (Å²) < 4.78 is 33.5. The van der Waals surface area contributed by atoms with Crippen molar-refractivity contribution in [2.45, 2.75) is 25.7 Å². The van der Waals surface area contributed by atoms with Crippen molar-refractivity contribution in [2.75, 3.05) is 10.0 Å². The van der Waals surface area contributed by atoms with Crippen molar-refractivity contribution in [3.63, 3.8) is 0 Å². The van der Waals surface area contributed by atoms with Gasteiger partial charge in [-0.3, -0.25) is 14.8 Å². The Bertz CT molecular complexity index is 1090. The molecule has 0 saturated heterocycles. The van der Waals surface area contributed by atoms with E-state index in [1.54, 1.807) is 56.3 Å². The van der Waals surface area contributed by atoms with Crippen LogP contribution in [0.2, 0.25) is 0 Å². The van der Waals surface area contributed by atoms with Crippen LogP contribution in [0.25, 0.3) is 11.1 Å². The van der Waals surface area contributed by atoms with Gasteiger partial charge in [0.05, 0.1) is 16.2 Å². The molecule has 3 rings (SSSR count). The van der Waals surface area contributed by atoms with E-state index in [1.807, 2.05) is 6.07 Å². The summed E-state index contributed by atoms with van der Waals surface area (Å²) in [7, 11) is -3.79. The first-order valence-electron chi connectivity index (χ1n) is 8.20. The molecule has 1 heterocycles. The number of rotatable bonds is 5. The Hall–Kier alpha value is -3.13. The Labute approximate surface area is 157 Å². The Morgan fingerprint density at radius 1 is 1.07 bits per heavy atom. The van der Waals surface area contributed by atoms with E-state index in [-0.39, 0.29) is 16.7 Å². The van der Waals surface area contributed by atoms with Crippen LogP contribution in [-0.2, 0) is 14.8 Å². The molecule has 1 amide bonds. The van der Waals surface area contributed by atoms with E-state index in [0.29, 0.717) is 28.1 Å². The van der Waals surface area contributed by atoms with Crippen LogP contribution in [0.3, 0.4) is 0 Å². The summed E-state index contributed by atoms with van der Waals surface area (Å²) in [6.07, 6.45) is 0. The van der Waals surface area contributed by atoms with Crippen molar-refractivity contribution in [3.05, 3.63) is 59.8 Å². The minimum Gasteiger partial charge on any atom is -0.337 e. The van der Waals surface area contributed by atoms with E-state index in [9.17, 15) is 13.2 Å². The number of hydrogen-bond donors (Lipinski definition) is 2. The lowest BCUT2D eigenvalue weighted by molar-refractivity contribution is -0.114. The maximum atomic E-state index is 12.9. The van der Waals surface area contributed by atoms with Gasteiger partial charge in [0.2, 0.25) is 11.8 Å². The van der Waals surface area contributed by atoms with E-state index >= 15 is 0 Å². The Morgan fingerprint density at radius 3 is 2.44 bits per heavy atom. The van der Waals surface area contributed by atoms with Crippen LogP contribution >= 0.6 is 0 Å². The zero-order valence-electron chi connectivity index (χ0n) is 15.1. The first-order valence-corrected chi connectivity index (χ1v) is 9.69. The molecule has 27 heavy (non-hydrogen) atoms. The van der Waals surface area contributed by atoms with Crippen molar-refractivity contribution in [2.24, 2.45) is 0 Å². The summed E-state index contributed by atoms with van der Waals surface area (Å²) in [5, 5.41) is 6.45. The first kappa shape index (κ1) is 18.7. The number of aryl methyl sites for hydroxylation is 2. The molecule has 0 fully saturated rings. The smallest absolute Gasteiger partial charge is 0.262 e. The number of carbonyl (C=O) groups is 1. The second-order valence-corrected chi connectivity index (χ2v) is 7.76. The molecule has 0 aliphatic carbocycles. The van der Waals surface area contributed by atoms with Gasteiger partial charge in [0, 0.05) is 12.6 Å². The Morgan fingerprint density at radius 2 is 1.78 bits per heavy atom. The second-order valence-electron chi connectivity index (χ2n) is 6.11. The fourth-order valence-corrected chi connectivity index (χ4v) is 4.05. The summed E-state index contributed by atoms with van der Waals surface area (Å²) in [6, 6.07) is 13.7. The van der Waals surface area contributed by atoms with Gasteiger partial charge in [0.1, 0.15) is 0 Å². The van der Waals surface area contributed by atoms with Gasteiger partial charge in [-0.1, -0.05) is 35.5 Å². The predicted octanol–water partition coefficient (Wildman–Crippen LogP) is 3.72. The molecular weight excluding hydrogens is 366 g/mol. The fourth-order valence-electron chi connectivity index (χ4n) is 2.72. The average molecular weight is 385 g/mol. The van der Waals surface area contributed by atoms with Crippen LogP contribution in [0.4, 0.5) is 11.6 Å². The minimum absolute atomic E-state index is 0.137. The Balaban J connectivity index is 2.06. The lowest BCUT2D eigenvalue weighted by Gasteiger charge is -2.12. The first-order chi connectivity index (χ1) is 12.8. The summed E-state index contributed by atoms with van der Waals surface area (Å²) in [4.78, 5) is 11.5. The van der Waals surface area contributed by atoms with Crippen LogP contribution < -0.4 is 10.0 Å². The van der Waals surface area contributed by atoms with E-state index in [1.165, 1.54) is 6.92 Å². The average Bonchev–Trinajstić information content (AvgIpc) is 2.95. The molecule has 0 unspecified atom stereocenters. The van der Waals surface area contributed by atoms with Crippen molar-refractivity contribution in [3.8, 4) is 11.1 Å². The largest absolute Gasteiger partial charge is 0.337 e. The van der Waals surface area contributed by atoms with Gasteiger partial charge in [0.25, 0.3) is 10.0 Å². The molecule has 1 aromatic heterocycles. The standard InChI is InChI=1S/C19H19N3O4S/c1-12-9-10-15(18-13(2)21-26-19(18)20-14(3)23)11-17(12)27(24,25)22-16-7-5-4-6-8-16/h4-11,22H,1-3H3,(H,20,23). The molecule has 2 aromatic carbocycles. The zero-order chi connectivity index (χ0) is 19.6. The van der Waals surface area contributed by atoms with Crippen LogP contribution in [0.15, 0.2) is 57.9 Å². The van der Waals surface area contributed by atoms with E-state index < -0.39 is 10.0 Å². The molecule has 0 bridgehead atoms. The highest BCUT2D eigenvalue weighted by Gasteiger charge is 2.21. The predicted molar refractivity (Wildman–Crippen MR) is 103 cm³/mol. The summed E-state index contributed by atoms with van der Waals surface area (Å²) in [6.45, 7) is 4.80. The number of hydrogen-bond acceptors (Lipinski definition) is 5. The minimum atomic E-state index is -3.79. The van der Waals surface area contributed by atoms with E-state index in [4.69, 9.17) is 4.52 Å². The number of benzene rings is 2. The van der Waals surface area contributed by atoms with Crippen molar-refractivity contribution in [1.29, 1.82) is 0 Å². The number of carbonyl (C=O) groups excluding carboxylic acids is 1. The topological polar surface area (TPSA) is 101 Å². The van der Waals surface area contributed by atoms with Crippen LogP contribution in [0, 0.1) is 13.8 Å². The van der Waals surface area contributed by atoms with Gasteiger partial charge < -0.3 is 4.52 Å². The number of nitrogens with one attached hydrogen (secondary N) is 2. The summed E-state index contributed by atoms with van der Waals surface area (Å²) in [5.41, 5.74) is 2.74. The van der Waals surface area contributed by atoms with Crippen molar-refractivity contribution in [1.82, 2.24) is 5.16 Å². The van der Waals surface area contributed by atoms with E-state index in [0.717, 1.165) is 0 Å². The number of sulfonamides is 1. The maximum absolute atomic E-state index is 12.9. The zero-order valence-corrected chi connectivity index (χ0v) is 15.9. The van der Waals surface area contributed by atoms with Crippen LogP contribution in [0.1, 0.15) is 18.2 Å². The molecule has 0 aliphatic rings. The number of para-hydroxylation sites is 1. The molecule has 0 aliphatic heterocycles. The van der Waals surface area contributed by atoms with Gasteiger partial charge in [-0.05, 0) is 43.2 Å². The second kappa shape index (κ2) is 7.24. The van der Waals surface area contributed by atoms with Gasteiger partial charge in [-0.15, -0.1) is 0 Å². The Kier molecular flexibility index (Phi) is 5.00. The molecule has 0 radical (unpaired) electrons. The van der Waals surface area contributed by atoms with Crippen LogP contribution in [0.5, 0.6) is 0 Å². The molecule has 0 atom stereocenters. The molecule has 2 N–H and O–H groups in total. The van der Waals surface area contributed by atoms with Gasteiger partial charge in [-0.2, -0.15) is 0 Å². The highest BCUT2D eigenvalue weighted by molar-refractivity contribution is 7.92. The summed E-state index contributed by atoms with van der Waals surface area (Å²) >= 11 is 0. The number of anilines is 2. The number of amides is 1. The number of nitrogens with zero attached hydrogens (tertiary/aromatic N) is 1. The highest BCUT2D eigenvalue weighted by Crippen LogP contribution is 2.34. The molecule has 0 saturated carbocycles. The third-order valence-corrected chi connectivity index (χ3v) is 5.47. The lowest BCUT2D eigenvalue weighted by Crippen LogP contribution is -2.14. The maximum Gasteiger partial charge on any atom is 0.262 e. The van der Waals surface area contributed by atoms with E-state index in [2.05, 4.69) is 15.2 Å². The molecule has 8 heteroatoms. The van der Waals surface area contributed by atoms with Crippen molar-refractivity contribution >= 4 is 27.5 Å². The lowest BCUT2D eigenvalue weighted by atomic mass is 10.0. The monoisotopic (exact) mass is 385 g/mol. The highest BCUT2D eigenvalue weighted by atomic mass is 32.2. The number of aromatic nitrogens is 1. The SMILES string of the molecule is CC(=O)Nc1onc(C)c1-c1ccc(C)c(S(=O)(=O)Nc2ccccc2)c1. The molecule has 0 spiro atoms. The van der Waals surface area contributed by atoms with Crippen LogP contribution in [-0.4, -0.2) is 19.5 Å². The fraction of sp³-hybridized carbons (Fsp3) is 0.158. The van der Waals surface area contributed by atoms with Gasteiger partial charge in [-0.25, -0.2) is 8.42 Å². The summed E-state index contributed by atoms with van der Waals surface area (Å²) in [5.74, 6) is -0.124. The quantitative estimate of drug-likeness (QED) is 0.697. The molecule has 7 nitrogen and oxygen atoms in total. The van der Waals surface area contributed by atoms with Gasteiger partial charge in [0.15, 0.2) is 0 Å². The molecule has 140 valence electrons. The third-order valence-electron chi connectivity index (χ3n) is 3.94.